The molecule has 24 saturated carbocycles. The maximum Gasteiger partial charge on any atom is 0.0262 e. The molecule has 0 aromatic carbocycles. The Kier molecular flexibility index (Phi) is 2.33. The number of allylic oxidation sites excluding steroid dienone is 2. The van der Waals surface area contributed by atoms with Crippen LogP contribution in [0.25, 0.3) is 0 Å². The first-order valence-electron chi connectivity index (χ1n) is 25.4. The second-order valence-electron chi connectivity index (χ2n) is 29.0. The molecule has 48 unspecified atom stereocenters. The Morgan fingerprint density at radius 1 is 0.212 bits per heavy atom. The van der Waals surface area contributed by atoms with Crippen molar-refractivity contribution in [3.63, 3.8) is 0 Å². The zero-order valence-electron chi connectivity index (χ0n) is 29.9. The van der Waals surface area contributed by atoms with Gasteiger partial charge < -0.3 is 5.32 Å². The number of fused-ring (bicyclic) bond motifs is 72. The predicted molar refractivity (Wildman–Crippen MR) is 183 cm³/mol. The first-order chi connectivity index (χ1) is 26.0. The van der Waals surface area contributed by atoms with E-state index in [2.05, 4.69) is 17.5 Å². The van der Waals surface area contributed by atoms with Crippen LogP contribution in [-0.2, 0) is 0 Å². The molecule has 260 valence electrons. The lowest BCUT2D eigenvalue weighted by molar-refractivity contribution is -0.511. The van der Waals surface area contributed by atoms with E-state index >= 15 is 0 Å². The molecule has 1 nitrogen and oxygen atoms in total. The van der Waals surface area contributed by atoms with Gasteiger partial charge in [0.05, 0.1) is 0 Å². The molecule has 26 aliphatic rings. The fraction of sp³-hybridized carbons (Fsp3) is 0.961. The van der Waals surface area contributed by atoms with Crippen molar-refractivity contribution in [3.8, 4) is 0 Å². The minimum atomic E-state index is 1.04. The lowest BCUT2D eigenvalue weighted by Gasteiger charge is -2.98. The molecule has 0 radical (unpaired) electrons. The fourth-order valence-electron chi connectivity index (χ4n) is 33.5. The maximum atomic E-state index is 3.91. The molecule has 0 bridgehead atoms. The highest BCUT2D eigenvalue weighted by Crippen LogP contribution is 3.10. The van der Waals surface area contributed by atoms with Crippen LogP contribution in [-0.4, -0.2) is 12.1 Å². The van der Waals surface area contributed by atoms with Crippen LogP contribution < -0.4 is 5.32 Å². The zero-order valence-corrected chi connectivity index (χ0v) is 29.9. The lowest BCUT2D eigenvalue weighted by atomic mass is 9.06. The monoisotopic (exact) mass is 677 g/mol. The van der Waals surface area contributed by atoms with Crippen LogP contribution in [0.3, 0.4) is 0 Å². The molecule has 0 aromatic rings. The number of hydrogen-bond donors (Lipinski definition) is 1. The molecule has 1 N–H and O–H groups in total. The van der Waals surface area contributed by atoms with Gasteiger partial charge in [0.15, 0.2) is 0 Å². The van der Waals surface area contributed by atoms with E-state index in [0.29, 0.717) is 0 Å². The van der Waals surface area contributed by atoms with Crippen molar-refractivity contribution < 1.29 is 0 Å². The number of rotatable bonds is 0. The third-order valence-corrected chi connectivity index (χ3v) is 32.8. The minimum absolute atomic E-state index is 1.04. The second-order valence-corrected chi connectivity index (χ2v) is 29.0. The Labute approximate surface area is 306 Å². The number of nitrogens with one attached hydrogen (secondary N) is 1. The third kappa shape index (κ3) is 1.32. The summed E-state index contributed by atoms with van der Waals surface area (Å²) in [5.41, 5.74) is 1.05. The SMILES string of the molecule is C1=CC2C1C1C2C2C1C1C2C2C1C1C2C2C1C1C2C2C1C1C2C2C1C1C2C12C1C3C4C5C6C7C8C9C%10C%11C%12C%13NC%13C%12C%11C%10C9C8C7C6C5C4C3C12. The van der Waals surface area contributed by atoms with E-state index in [1.807, 2.05) is 0 Å². The normalized spacial score (nSPS) is 104. The van der Waals surface area contributed by atoms with Crippen LogP contribution in [0.2, 0.25) is 0 Å². The van der Waals surface area contributed by atoms with E-state index in [1.165, 1.54) is 260 Å². The van der Waals surface area contributed by atoms with E-state index < -0.39 is 0 Å². The van der Waals surface area contributed by atoms with E-state index in [-0.39, 0.29) is 0 Å². The molecule has 25 fully saturated rings. The summed E-state index contributed by atoms with van der Waals surface area (Å²) in [6, 6.07) is 2.08. The highest BCUT2D eigenvalue weighted by atomic mass is 15.3. The van der Waals surface area contributed by atoms with Crippen molar-refractivity contribution in [1.29, 1.82) is 0 Å². The molecule has 26 rings (SSSR count). The highest BCUT2D eigenvalue weighted by molar-refractivity contribution is 5.53. The van der Waals surface area contributed by atoms with Crippen molar-refractivity contribution >= 4 is 0 Å². The molecule has 48 atom stereocenters. The maximum absolute atomic E-state index is 3.91. The molecule has 0 amide bonds. The molecular weight excluding hydrogens is 627 g/mol. The summed E-state index contributed by atoms with van der Waals surface area (Å²) in [6.45, 7) is 0. The number of hydrogen-bond acceptors (Lipinski definition) is 1. The Hall–Kier alpha value is -0.300. The molecule has 1 spiro atoms. The quantitative estimate of drug-likeness (QED) is 0.203. The van der Waals surface area contributed by atoms with E-state index in [0.717, 1.165) is 29.3 Å². The van der Waals surface area contributed by atoms with Gasteiger partial charge in [-0.05, 0) is 278 Å². The van der Waals surface area contributed by atoms with E-state index in [1.54, 1.807) is 0 Å². The van der Waals surface area contributed by atoms with Gasteiger partial charge in [0, 0.05) is 12.1 Å². The summed E-state index contributed by atoms with van der Waals surface area (Å²) in [5, 5.41) is 3.91. The molecule has 1 heteroatoms. The largest absolute Gasteiger partial charge is 0.308 e. The van der Waals surface area contributed by atoms with Crippen LogP contribution in [0.4, 0.5) is 0 Å². The zero-order chi connectivity index (χ0) is 30.3. The van der Waals surface area contributed by atoms with Crippen LogP contribution in [0.15, 0.2) is 12.2 Å². The average molecular weight is 678 g/mol. The third-order valence-electron chi connectivity index (χ3n) is 32.8. The Bertz CT molecular complexity index is 2120. The minimum Gasteiger partial charge on any atom is -0.308 e. The van der Waals surface area contributed by atoms with Crippen LogP contribution >= 0.6 is 0 Å². The standard InChI is InChI=1S/C51H51N/c1-2-4-3(1)5-6(4)8-7(5)9-10(8)12-11(9)13-14(12)16-15(13)21-22(16)28-27(21)33-34(28)40-39(33)45-46(40)51(45)47-41-35-29-23-17-18(24(23)30(29)36(35)42(41)48(47)51)20-19(17)25-26(20)32-31(25)37-38(32)44-43(37)49-50(44)52-49/h1-50,52H. The van der Waals surface area contributed by atoms with Gasteiger partial charge in [0.2, 0.25) is 0 Å². The predicted octanol–water partition coefficient (Wildman–Crippen LogP) is 5.55. The Morgan fingerprint density at radius 2 is 0.404 bits per heavy atom. The van der Waals surface area contributed by atoms with Gasteiger partial charge in [-0.2, -0.15) is 0 Å². The second kappa shape index (κ2) is 5.37. The average Bonchev–Trinajstić information content (AvgIpc) is 3.99. The first kappa shape index (κ1) is 22.6. The fourth-order valence-corrected chi connectivity index (χ4v) is 33.5. The first-order valence-corrected chi connectivity index (χ1v) is 25.4. The van der Waals surface area contributed by atoms with Gasteiger partial charge in [-0.25, -0.2) is 0 Å². The van der Waals surface area contributed by atoms with Gasteiger partial charge in [-0.15, -0.1) is 0 Å². The summed E-state index contributed by atoms with van der Waals surface area (Å²) in [7, 11) is 0. The van der Waals surface area contributed by atoms with Crippen molar-refractivity contribution in [1.82, 2.24) is 5.32 Å². The molecular formula is C51H51N. The molecule has 1 heterocycles. The van der Waals surface area contributed by atoms with Crippen LogP contribution in [0, 0.1) is 278 Å². The summed E-state index contributed by atoms with van der Waals surface area (Å²) < 4.78 is 0. The van der Waals surface area contributed by atoms with Gasteiger partial charge in [-0.1, -0.05) is 12.2 Å². The van der Waals surface area contributed by atoms with Crippen molar-refractivity contribution in [3.05, 3.63) is 12.2 Å². The van der Waals surface area contributed by atoms with Crippen molar-refractivity contribution in [2.75, 3.05) is 0 Å². The van der Waals surface area contributed by atoms with Crippen molar-refractivity contribution in [2.24, 2.45) is 278 Å². The van der Waals surface area contributed by atoms with E-state index in [4.69, 9.17) is 0 Å². The highest BCUT2D eigenvalue weighted by Gasteiger charge is 3.07. The summed E-state index contributed by atoms with van der Waals surface area (Å²) in [4.78, 5) is 0. The molecule has 25 aliphatic carbocycles. The molecule has 0 aromatic heterocycles. The molecule has 1 aliphatic heterocycles. The Morgan fingerprint density at radius 3 is 0.635 bits per heavy atom. The smallest absolute Gasteiger partial charge is 0.0262 e. The topological polar surface area (TPSA) is 21.9 Å². The van der Waals surface area contributed by atoms with Crippen molar-refractivity contribution in [2.45, 2.75) is 12.1 Å². The van der Waals surface area contributed by atoms with Gasteiger partial charge in [-0.3, -0.25) is 0 Å². The molecule has 52 heavy (non-hydrogen) atoms. The van der Waals surface area contributed by atoms with Crippen LogP contribution in [0.5, 0.6) is 0 Å². The summed E-state index contributed by atoms with van der Waals surface area (Å²) in [6.07, 6.45) is 5.29. The van der Waals surface area contributed by atoms with E-state index in [9.17, 15) is 0 Å². The lowest BCUT2D eigenvalue weighted by Crippen LogP contribution is -2.95. The van der Waals surface area contributed by atoms with Gasteiger partial charge in [0.1, 0.15) is 0 Å². The summed E-state index contributed by atoms with van der Waals surface area (Å²) >= 11 is 0. The summed E-state index contributed by atoms with van der Waals surface area (Å²) in [5.74, 6) is 59.4. The molecule has 1 saturated heterocycles. The van der Waals surface area contributed by atoms with Gasteiger partial charge in [0.25, 0.3) is 0 Å². The Balaban J connectivity index is 0.486. The van der Waals surface area contributed by atoms with Gasteiger partial charge >= 0.3 is 0 Å². The van der Waals surface area contributed by atoms with Crippen LogP contribution in [0.1, 0.15) is 0 Å².